The van der Waals surface area contributed by atoms with Gasteiger partial charge in [-0.25, -0.2) is 4.98 Å². The van der Waals surface area contributed by atoms with Crippen LogP contribution in [0, 0.1) is 6.92 Å². The van der Waals surface area contributed by atoms with Crippen molar-refractivity contribution in [3.05, 3.63) is 11.9 Å². The first-order valence-corrected chi connectivity index (χ1v) is 4.73. The third-order valence-electron chi connectivity index (χ3n) is 2.37. The van der Waals surface area contributed by atoms with Crippen molar-refractivity contribution in [1.82, 2.24) is 14.9 Å². The van der Waals surface area contributed by atoms with E-state index >= 15 is 0 Å². The van der Waals surface area contributed by atoms with Gasteiger partial charge in [-0.2, -0.15) is 0 Å². The normalized spacial score (nSPS) is 17.8. The summed E-state index contributed by atoms with van der Waals surface area (Å²) in [6, 6.07) is 0. The summed E-state index contributed by atoms with van der Waals surface area (Å²) in [5.41, 5.74) is 1.09. The molecule has 1 aliphatic heterocycles. The van der Waals surface area contributed by atoms with Crippen molar-refractivity contribution in [2.24, 2.45) is 7.05 Å². The van der Waals surface area contributed by atoms with E-state index < -0.39 is 0 Å². The summed E-state index contributed by atoms with van der Waals surface area (Å²) in [7, 11) is 2.05. The highest BCUT2D eigenvalue weighted by atomic mass is 15.3. The van der Waals surface area contributed by atoms with Gasteiger partial charge in [-0.1, -0.05) is 0 Å². The average Bonchev–Trinajstić information content (AvgIpc) is 2.47. The molecule has 0 bridgehead atoms. The minimum atomic E-state index is 1.06. The summed E-state index contributed by atoms with van der Waals surface area (Å²) in [6.07, 6.45) is 2.07. The fourth-order valence-corrected chi connectivity index (χ4v) is 1.76. The van der Waals surface area contributed by atoms with Gasteiger partial charge in [0.05, 0.1) is 5.69 Å². The molecule has 0 radical (unpaired) electrons. The maximum absolute atomic E-state index is 4.50. The Morgan fingerprint density at radius 1 is 1.38 bits per heavy atom. The number of rotatable bonds is 1. The van der Waals surface area contributed by atoms with Crippen LogP contribution in [-0.2, 0) is 7.05 Å². The lowest BCUT2D eigenvalue weighted by molar-refractivity contribution is 0.574. The van der Waals surface area contributed by atoms with E-state index in [2.05, 4.69) is 33.0 Å². The minimum Gasteiger partial charge on any atom is -0.340 e. The van der Waals surface area contributed by atoms with Crippen LogP contribution >= 0.6 is 0 Å². The molecule has 0 aliphatic carbocycles. The van der Waals surface area contributed by atoms with E-state index in [0.29, 0.717) is 0 Å². The quantitative estimate of drug-likeness (QED) is 0.667. The number of aryl methyl sites for hydroxylation is 2. The molecule has 72 valence electrons. The molecule has 0 aromatic carbocycles. The standard InChI is InChI=1S/C9H16N4/c1-8-7-12(2)9(11-8)13-5-3-10-4-6-13/h7,10H,3-6H2,1-2H3. The predicted molar refractivity (Wildman–Crippen MR) is 53.0 cm³/mol. The summed E-state index contributed by atoms with van der Waals surface area (Å²) in [6.45, 7) is 6.28. The third kappa shape index (κ3) is 1.67. The summed E-state index contributed by atoms with van der Waals surface area (Å²) in [5, 5.41) is 3.33. The zero-order valence-electron chi connectivity index (χ0n) is 8.25. The number of aromatic nitrogens is 2. The molecule has 13 heavy (non-hydrogen) atoms. The summed E-state index contributed by atoms with van der Waals surface area (Å²) < 4.78 is 2.10. The molecule has 2 heterocycles. The highest BCUT2D eigenvalue weighted by Gasteiger charge is 2.14. The number of nitrogens with zero attached hydrogens (tertiary/aromatic N) is 3. The second-order valence-electron chi connectivity index (χ2n) is 3.53. The molecule has 1 fully saturated rings. The summed E-state index contributed by atoms with van der Waals surface area (Å²) in [4.78, 5) is 6.82. The Morgan fingerprint density at radius 2 is 2.08 bits per heavy atom. The zero-order valence-corrected chi connectivity index (χ0v) is 8.25. The Bertz CT molecular complexity index is 286. The van der Waals surface area contributed by atoms with Gasteiger partial charge in [0.15, 0.2) is 0 Å². The van der Waals surface area contributed by atoms with Crippen molar-refractivity contribution in [3.63, 3.8) is 0 Å². The first-order valence-electron chi connectivity index (χ1n) is 4.73. The molecule has 0 saturated carbocycles. The SMILES string of the molecule is Cc1cn(C)c(N2CCNCC2)n1. The van der Waals surface area contributed by atoms with Crippen LogP contribution in [0.15, 0.2) is 6.20 Å². The molecular formula is C9H16N4. The van der Waals surface area contributed by atoms with Crippen LogP contribution in [0.1, 0.15) is 5.69 Å². The summed E-state index contributed by atoms with van der Waals surface area (Å²) in [5.74, 6) is 1.10. The van der Waals surface area contributed by atoms with Gasteiger partial charge >= 0.3 is 0 Å². The minimum absolute atomic E-state index is 1.06. The smallest absolute Gasteiger partial charge is 0.205 e. The van der Waals surface area contributed by atoms with E-state index in [1.54, 1.807) is 0 Å². The Hall–Kier alpha value is -1.03. The van der Waals surface area contributed by atoms with E-state index in [-0.39, 0.29) is 0 Å². The highest BCUT2D eigenvalue weighted by molar-refractivity contribution is 5.33. The fourth-order valence-electron chi connectivity index (χ4n) is 1.76. The van der Waals surface area contributed by atoms with Crippen molar-refractivity contribution < 1.29 is 0 Å². The molecule has 1 aromatic rings. The van der Waals surface area contributed by atoms with E-state index in [4.69, 9.17) is 0 Å². The van der Waals surface area contributed by atoms with Gasteiger partial charge < -0.3 is 14.8 Å². The Labute approximate surface area is 78.6 Å². The van der Waals surface area contributed by atoms with E-state index in [9.17, 15) is 0 Å². The largest absolute Gasteiger partial charge is 0.340 e. The molecular weight excluding hydrogens is 164 g/mol. The second-order valence-corrected chi connectivity index (χ2v) is 3.53. The number of imidazole rings is 1. The fraction of sp³-hybridized carbons (Fsp3) is 0.667. The number of nitrogens with one attached hydrogen (secondary N) is 1. The first kappa shape index (κ1) is 8.56. The van der Waals surface area contributed by atoms with Crippen LogP contribution in [0.2, 0.25) is 0 Å². The number of anilines is 1. The maximum atomic E-state index is 4.50. The number of hydrogen-bond acceptors (Lipinski definition) is 3. The van der Waals surface area contributed by atoms with Crippen LogP contribution in [0.3, 0.4) is 0 Å². The monoisotopic (exact) mass is 180 g/mol. The van der Waals surface area contributed by atoms with Gasteiger partial charge in [0.25, 0.3) is 0 Å². The van der Waals surface area contributed by atoms with Crippen LogP contribution in [0.25, 0.3) is 0 Å². The average molecular weight is 180 g/mol. The molecule has 1 aromatic heterocycles. The lowest BCUT2D eigenvalue weighted by Crippen LogP contribution is -2.44. The molecule has 1 N–H and O–H groups in total. The van der Waals surface area contributed by atoms with Gasteiger partial charge in [-0.05, 0) is 6.92 Å². The first-order chi connectivity index (χ1) is 6.27. The van der Waals surface area contributed by atoms with Gasteiger partial charge in [0, 0.05) is 39.4 Å². The van der Waals surface area contributed by atoms with Crippen LogP contribution in [0.5, 0.6) is 0 Å². The molecule has 4 heteroatoms. The number of piperazine rings is 1. The second kappa shape index (κ2) is 3.38. The zero-order chi connectivity index (χ0) is 9.26. The van der Waals surface area contributed by atoms with Crippen LogP contribution < -0.4 is 10.2 Å². The van der Waals surface area contributed by atoms with Crippen molar-refractivity contribution in [2.75, 3.05) is 31.1 Å². The molecule has 2 rings (SSSR count). The van der Waals surface area contributed by atoms with Crippen LogP contribution in [-0.4, -0.2) is 35.7 Å². The highest BCUT2D eigenvalue weighted by Crippen LogP contribution is 2.12. The maximum Gasteiger partial charge on any atom is 0.205 e. The van der Waals surface area contributed by atoms with Crippen molar-refractivity contribution >= 4 is 5.95 Å². The summed E-state index contributed by atoms with van der Waals surface area (Å²) >= 11 is 0. The van der Waals surface area contributed by atoms with E-state index in [1.165, 1.54) is 0 Å². The van der Waals surface area contributed by atoms with Crippen LogP contribution in [0.4, 0.5) is 5.95 Å². The third-order valence-corrected chi connectivity index (χ3v) is 2.37. The van der Waals surface area contributed by atoms with Gasteiger partial charge in [-0.3, -0.25) is 0 Å². The van der Waals surface area contributed by atoms with Gasteiger partial charge in [0.1, 0.15) is 0 Å². The lowest BCUT2D eigenvalue weighted by atomic mass is 10.4. The number of hydrogen-bond donors (Lipinski definition) is 1. The van der Waals surface area contributed by atoms with Gasteiger partial charge in [-0.15, -0.1) is 0 Å². The van der Waals surface area contributed by atoms with Gasteiger partial charge in [0.2, 0.25) is 5.95 Å². The van der Waals surface area contributed by atoms with E-state index in [0.717, 1.165) is 37.8 Å². The molecule has 0 unspecified atom stereocenters. The molecule has 4 nitrogen and oxygen atoms in total. The Kier molecular flexibility index (Phi) is 2.22. The van der Waals surface area contributed by atoms with Crippen molar-refractivity contribution in [1.29, 1.82) is 0 Å². The van der Waals surface area contributed by atoms with E-state index in [1.807, 2.05) is 6.92 Å². The topological polar surface area (TPSA) is 33.1 Å². The Balaban J connectivity index is 2.18. The molecule has 1 saturated heterocycles. The molecule has 1 aliphatic rings. The molecule has 0 atom stereocenters. The Morgan fingerprint density at radius 3 is 2.62 bits per heavy atom. The van der Waals surface area contributed by atoms with Crippen molar-refractivity contribution in [2.45, 2.75) is 6.92 Å². The molecule has 0 amide bonds. The lowest BCUT2D eigenvalue weighted by Gasteiger charge is -2.28. The molecule has 0 spiro atoms. The van der Waals surface area contributed by atoms with Crippen molar-refractivity contribution in [3.8, 4) is 0 Å². The predicted octanol–water partition coefficient (Wildman–Crippen LogP) is 0.138.